The third-order valence-corrected chi connectivity index (χ3v) is 4.72. The van der Waals surface area contributed by atoms with E-state index < -0.39 is 0 Å². The van der Waals surface area contributed by atoms with Crippen molar-refractivity contribution in [3.05, 3.63) is 89.0 Å². The number of rotatable bonds is 2. The Balaban J connectivity index is 1.60. The quantitative estimate of drug-likeness (QED) is 0.642. The van der Waals surface area contributed by atoms with Crippen molar-refractivity contribution in [1.82, 2.24) is 0 Å². The summed E-state index contributed by atoms with van der Waals surface area (Å²) >= 11 is 0. The van der Waals surface area contributed by atoms with Crippen LogP contribution in [-0.2, 0) is 6.42 Å². The summed E-state index contributed by atoms with van der Waals surface area (Å²) in [6, 6.07) is 24.5. The molecule has 1 heteroatoms. The minimum absolute atomic E-state index is 0.385. The molecule has 1 aliphatic heterocycles. The van der Waals surface area contributed by atoms with Crippen molar-refractivity contribution in [3.8, 4) is 11.1 Å². The van der Waals surface area contributed by atoms with E-state index in [1.165, 1.54) is 39.1 Å². The molecule has 1 atom stereocenters. The number of hydrogen-bond acceptors (Lipinski definition) is 1. The molecule has 1 unspecified atom stereocenters. The van der Waals surface area contributed by atoms with E-state index in [4.69, 9.17) is 0 Å². The van der Waals surface area contributed by atoms with Gasteiger partial charge in [-0.15, -0.1) is 0 Å². The molecule has 0 radical (unpaired) electrons. The van der Waals surface area contributed by atoms with Crippen LogP contribution in [0, 0.1) is 13.8 Å². The first-order chi connectivity index (χ1) is 11.2. The average molecular weight is 299 g/mol. The average Bonchev–Trinajstić information content (AvgIpc) is 3.00. The molecule has 1 heterocycles. The fourth-order valence-electron chi connectivity index (χ4n) is 3.61. The van der Waals surface area contributed by atoms with Crippen LogP contribution in [0.15, 0.2) is 66.7 Å². The standard InChI is InChI=1S/C22H21N/c1-15-12-16(2)22-20(13-15)14-21(23-22)19-10-8-18(9-11-19)17-6-4-3-5-7-17/h3-13,21,23H,14H2,1-2H3. The van der Waals surface area contributed by atoms with Gasteiger partial charge in [-0.25, -0.2) is 0 Å². The van der Waals surface area contributed by atoms with Crippen LogP contribution in [0.25, 0.3) is 11.1 Å². The van der Waals surface area contributed by atoms with E-state index in [2.05, 4.69) is 85.9 Å². The predicted molar refractivity (Wildman–Crippen MR) is 97.9 cm³/mol. The maximum absolute atomic E-state index is 3.71. The van der Waals surface area contributed by atoms with Gasteiger partial charge in [0.05, 0.1) is 6.04 Å². The smallest absolute Gasteiger partial charge is 0.0555 e. The maximum Gasteiger partial charge on any atom is 0.0555 e. The van der Waals surface area contributed by atoms with Crippen LogP contribution in [0.1, 0.15) is 28.3 Å². The molecule has 3 aromatic rings. The second kappa shape index (κ2) is 5.58. The van der Waals surface area contributed by atoms with Crippen molar-refractivity contribution < 1.29 is 0 Å². The summed E-state index contributed by atoms with van der Waals surface area (Å²) in [5.41, 5.74) is 9.38. The first kappa shape index (κ1) is 14.1. The van der Waals surface area contributed by atoms with Gasteiger partial charge in [-0.3, -0.25) is 0 Å². The molecule has 0 bridgehead atoms. The van der Waals surface area contributed by atoms with E-state index in [1.807, 2.05) is 0 Å². The number of hydrogen-bond donors (Lipinski definition) is 1. The molecular weight excluding hydrogens is 278 g/mol. The lowest BCUT2D eigenvalue weighted by atomic mass is 9.98. The second-order valence-corrected chi connectivity index (χ2v) is 6.51. The van der Waals surface area contributed by atoms with Gasteiger partial charge in [0.25, 0.3) is 0 Å². The van der Waals surface area contributed by atoms with Crippen LogP contribution in [0.5, 0.6) is 0 Å². The van der Waals surface area contributed by atoms with Crippen molar-refractivity contribution in [2.75, 3.05) is 5.32 Å². The van der Waals surface area contributed by atoms with E-state index >= 15 is 0 Å². The van der Waals surface area contributed by atoms with Crippen LogP contribution in [0.2, 0.25) is 0 Å². The largest absolute Gasteiger partial charge is 0.377 e. The summed E-state index contributed by atoms with van der Waals surface area (Å²) in [6.07, 6.45) is 1.07. The van der Waals surface area contributed by atoms with Gasteiger partial charge in [0, 0.05) is 5.69 Å². The highest BCUT2D eigenvalue weighted by Gasteiger charge is 2.23. The normalized spacial score (nSPS) is 16.0. The van der Waals surface area contributed by atoms with Gasteiger partial charge in [0.1, 0.15) is 0 Å². The highest BCUT2D eigenvalue weighted by atomic mass is 15.0. The Bertz CT molecular complexity index is 832. The molecule has 1 aliphatic rings. The molecule has 0 fully saturated rings. The zero-order valence-electron chi connectivity index (χ0n) is 13.6. The molecule has 1 nitrogen and oxygen atoms in total. The predicted octanol–water partition coefficient (Wildman–Crippen LogP) is 5.68. The highest BCUT2D eigenvalue weighted by molar-refractivity contribution is 5.66. The summed E-state index contributed by atoms with van der Waals surface area (Å²) in [4.78, 5) is 0. The summed E-state index contributed by atoms with van der Waals surface area (Å²) in [5.74, 6) is 0. The molecule has 1 N–H and O–H groups in total. The number of aryl methyl sites for hydroxylation is 2. The van der Waals surface area contributed by atoms with Gasteiger partial charge in [-0.05, 0) is 48.1 Å². The molecule has 0 aliphatic carbocycles. The topological polar surface area (TPSA) is 12.0 Å². The van der Waals surface area contributed by atoms with Crippen LogP contribution in [-0.4, -0.2) is 0 Å². The van der Waals surface area contributed by atoms with E-state index in [-0.39, 0.29) is 0 Å². The second-order valence-electron chi connectivity index (χ2n) is 6.51. The summed E-state index contributed by atoms with van der Waals surface area (Å²) in [6.45, 7) is 4.37. The SMILES string of the molecule is Cc1cc(C)c2c(c1)CC(c1ccc(-c3ccccc3)cc1)N2. The van der Waals surface area contributed by atoms with Crippen LogP contribution in [0.4, 0.5) is 5.69 Å². The third-order valence-electron chi connectivity index (χ3n) is 4.72. The Morgan fingerprint density at radius 3 is 2.26 bits per heavy atom. The lowest BCUT2D eigenvalue weighted by molar-refractivity contribution is 0.824. The Morgan fingerprint density at radius 1 is 0.826 bits per heavy atom. The molecule has 0 spiro atoms. The first-order valence-electron chi connectivity index (χ1n) is 8.23. The van der Waals surface area contributed by atoms with Gasteiger partial charge in [-0.1, -0.05) is 72.3 Å². The summed E-state index contributed by atoms with van der Waals surface area (Å²) in [5, 5.41) is 3.71. The van der Waals surface area contributed by atoms with Crippen molar-refractivity contribution in [1.29, 1.82) is 0 Å². The van der Waals surface area contributed by atoms with E-state index in [1.54, 1.807) is 0 Å². The minimum Gasteiger partial charge on any atom is -0.377 e. The zero-order chi connectivity index (χ0) is 15.8. The minimum atomic E-state index is 0.385. The molecule has 23 heavy (non-hydrogen) atoms. The highest BCUT2D eigenvalue weighted by Crippen LogP contribution is 2.37. The molecule has 0 aromatic heterocycles. The monoisotopic (exact) mass is 299 g/mol. The van der Waals surface area contributed by atoms with Crippen molar-refractivity contribution in [2.45, 2.75) is 26.3 Å². The van der Waals surface area contributed by atoms with E-state index in [0.29, 0.717) is 6.04 Å². The molecule has 114 valence electrons. The Kier molecular flexibility index (Phi) is 3.42. The Morgan fingerprint density at radius 2 is 1.52 bits per heavy atom. The summed E-state index contributed by atoms with van der Waals surface area (Å²) < 4.78 is 0. The fourth-order valence-corrected chi connectivity index (χ4v) is 3.61. The third kappa shape index (κ3) is 2.63. The van der Waals surface area contributed by atoms with Crippen LogP contribution in [0.3, 0.4) is 0 Å². The van der Waals surface area contributed by atoms with Crippen LogP contribution < -0.4 is 5.32 Å². The molecule has 0 saturated carbocycles. The molecule has 0 amide bonds. The van der Waals surface area contributed by atoms with Gasteiger partial charge in [0.15, 0.2) is 0 Å². The van der Waals surface area contributed by atoms with Gasteiger partial charge >= 0.3 is 0 Å². The van der Waals surface area contributed by atoms with Crippen molar-refractivity contribution in [3.63, 3.8) is 0 Å². The Hall–Kier alpha value is -2.54. The fraction of sp³-hybridized carbons (Fsp3) is 0.182. The van der Waals surface area contributed by atoms with Crippen LogP contribution >= 0.6 is 0 Å². The van der Waals surface area contributed by atoms with Gasteiger partial charge < -0.3 is 5.32 Å². The number of fused-ring (bicyclic) bond motifs is 1. The summed E-state index contributed by atoms with van der Waals surface area (Å²) in [7, 11) is 0. The number of nitrogens with one attached hydrogen (secondary N) is 1. The number of benzene rings is 3. The lowest BCUT2D eigenvalue weighted by Crippen LogP contribution is -2.05. The lowest BCUT2D eigenvalue weighted by Gasteiger charge is -2.13. The van der Waals surface area contributed by atoms with E-state index in [0.717, 1.165) is 6.42 Å². The first-order valence-corrected chi connectivity index (χ1v) is 8.23. The zero-order valence-corrected chi connectivity index (χ0v) is 13.6. The van der Waals surface area contributed by atoms with E-state index in [9.17, 15) is 0 Å². The Labute approximate surface area is 138 Å². The number of anilines is 1. The molecule has 3 aromatic carbocycles. The van der Waals surface area contributed by atoms with Gasteiger partial charge in [-0.2, -0.15) is 0 Å². The van der Waals surface area contributed by atoms with Crippen molar-refractivity contribution in [2.24, 2.45) is 0 Å². The molecule has 0 saturated heterocycles. The van der Waals surface area contributed by atoms with Gasteiger partial charge in [0.2, 0.25) is 0 Å². The molecular formula is C22H21N. The van der Waals surface area contributed by atoms with Crippen molar-refractivity contribution >= 4 is 5.69 Å². The molecule has 4 rings (SSSR count). The maximum atomic E-state index is 3.71.